The molecule has 0 spiro atoms. The maximum absolute atomic E-state index is 12.8. The van der Waals surface area contributed by atoms with E-state index in [9.17, 15) is 25.2 Å². The molecular weight excluding hydrogens is 769 g/mol. The third kappa shape index (κ3) is 34.5. The highest BCUT2D eigenvalue weighted by Gasteiger charge is 2.44. The Balaban J connectivity index is 2.21. The molecule has 0 amide bonds. The van der Waals surface area contributed by atoms with Crippen molar-refractivity contribution in [3.05, 3.63) is 36.5 Å². The van der Waals surface area contributed by atoms with Crippen molar-refractivity contribution in [2.75, 3.05) is 26.4 Å². The fourth-order valence-electron chi connectivity index (χ4n) is 7.79. The van der Waals surface area contributed by atoms with Gasteiger partial charge in [0.15, 0.2) is 6.29 Å². The van der Waals surface area contributed by atoms with E-state index in [2.05, 4.69) is 50.3 Å². The summed E-state index contributed by atoms with van der Waals surface area (Å²) in [6.07, 6.45) is 46.0. The number of aliphatic hydroxyl groups is 4. The number of carbonyl (C=O) groups excluding carboxylic acids is 1. The number of allylic oxidation sites excluding steroid dienone is 6. The van der Waals surface area contributed by atoms with Gasteiger partial charge in [0, 0.05) is 13.0 Å². The molecule has 0 bridgehead atoms. The number of unbranched alkanes of at least 4 members (excludes halogenated alkanes) is 27. The van der Waals surface area contributed by atoms with Crippen molar-refractivity contribution in [3.8, 4) is 0 Å². The van der Waals surface area contributed by atoms with E-state index < -0.39 is 43.4 Å². The smallest absolute Gasteiger partial charge is 0.306 e. The highest BCUT2D eigenvalue weighted by molar-refractivity contribution is 5.69. The summed E-state index contributed by atoms with van der Waals surface area (Å²) in [7, 11) is 0. The van der Waals surface area contributed by atoms with Crippen LogP contribution in [0.25, 0.3) is 0 Å². The molecule has 0 aliphatic carbocycles. The van der Waals surface area contributed by atoms with Crippen LogP contribution in [-0.4, -0.2) is 89.6 Å². The Hall–Kier alpha value is -1.59. The Bertz CT molecular complexity index is 1030. The number of aliphatic hydroxyl groups excluding tert-OH is 4. The van der Waals surface area contributed by atoms with Crippen LogP contribution in [0.15, 0.2) is 36.5 Å². The third-order valence-electron chi connectivity index (χ3n) is 11.8. The molecule has 0 aromatic carbocycles. The zero-order valence-corrected chi connectivity index (χ0v) is 39.4. The van der Waals surface area contributed by atoms with Crippen LogP contribution in [0.3, 0.4) is 0 Å². The molecule has 0 aromatic heterocycles. The predicted molar refractivity (Wildman–Crippen MR) is 252 cm³/mol. The summed E-state index contributed by atoms with van der Waals surface area (Å²) in [5.74, 6) is -0.314. The van der Waals surface area contributed by atoms with Crippen LogP contribution in [0.4, 0.5) is 0 Å². The van der Waals surface area contributed by atoms with Crippen LogP contribution in [0.5, 0.6) is 0 Å². The minimum absolute atomic E-state index is 0.115. The van der Waals surface area contributed by atoms with Crippen LogP contribution in [0, 0.1) is 0 Å². The van der Waals surface area contributed by atoms with E-state index >= 15 is 0 Å². The van der Waals surface area contributed by atoms with Gasteiger partial charge in [-0.2, -0.15) is 0 Å². The predicted octanol–water partition coefficient (Wildman–Crippen LogP) is 12.3. The molecule has 9 heteroatoms. The summed E-state index contributed by atoms with van der Waals surface area (Å²) in [4.78, 5) is 12.8. The summed E-state index contributed by atoms with van der Waals surface area (Å²) >= 11 is 0. The molecule has 358 valence electrons. The summed E-state index contributed by atoms with van der Waals surface area (Å²) in [5, 5.41) is 40.2. The first-order valence-electron chi connectivity index (χ1n) is 25.6. The van der Waals surface area contributed by atoms with Gasteiger partial charge < -0.3 is 39.4 Å². The van der Waals surface area contributed by atoms with Crippen molar-refractivity contribution < 1.29 is 44.2 Å². The molecule has 9 nitrogen and oxygen atoms in total. The highest BCUT2D eigenvalue weighted by Crippen LogP contribution is 2.23. The Morgan fingerprint density at radius 1 is 0.525 bits per heavy atom. The molecule has 6 atom stereocenters. The zero-order chi connectivity index (χ0) is 44.3. The Morgan fingerprint density at radius 2 is 0.951 bits per heavy atom. The molecule has 1 heterocycles. The minimum atomic E-state index is -1.54. The van der Waals surface area contributed by atoms with Crippen LogP contribution in [0.1, 0.15) is 226 Å². The van der Waals surface area contributed by atoms with E-state index in [-0.39, 0.29) is 19.2 Å². The maximum Gasteiger partial charge on any atom is 0.306 e. The average molecular weight is 865 g/mol. The summed E-state index contributed by atoms with van der Waals surface area (Å²) in [6, 6.07) is 0. The SMILES string of the molecule is CCCCCCC/C=C\C/C=C\C/C=C\CCCCCCCCCOCC(COC1OC(CO)C(O)C(O)C1O)OC(=O)CCCCCCCCCCCCCCCCCC. The molecule has 1 fully saturated rings. The van der Waals surface area contributed by atoms with Crippen molar-refractivity contribution in [2.24, 2.45) is 0 Å². The number of ether oxygens (including phenoxy) is 4. The molecule has 0 aromatic rings. The largest absolute Gasteiger partial charge is 0.457 e. The van der Waals surface area contributed by atoms with Crippen molar-refractivity contribution in [2.45, 2.75) is 263 Å². The van der Waals surface area contributed by atoms with Crippen LogP contribution in [0.2, 0.25) is 0 Å². The monoisotopic (exact) mass is 865 g/mol. The normalized spacial score (nSPS) is 20.1. The number of esters is 1. The molecule has 1 aliphatic rings. The number of rotatable bonds is 44. The van der Waals surface area contributed by atoms with Crippen molar-refractivity contribution >= 4 is 5.97 Å². The average Bonchev–Trinajstić information content (AvgIpc) is 3.26. The number of carbonyl (C=O) groups is 1. The van der Waals surface area contributed by atoms with Crippen LogP contribution in [-0.2, 0) is 23.7 Å². The molecule has 1 saturated heterocycles. The van der Waals surface area contributed by atoms with Crippen LogP contribution < -0.4 is 0 Å². The molecule has 1 aliphatic heterocycles. The van der Waals surface area contributed by atoms with E-state index in [4.69, 9.17) is 18.9 Å². The summed E-state index contributed by atoms with van der Waals surface area (Å²) in [6.45, 7) is 4.56. The van der Waals surface area contributed by atoms with Gasteiger partial charge in [0.05, 0.1) is 19.8 Å². The fourth-order valence-corrected chi connectivity index (χ4v) is 7.79. The second-order valence-electron chi connectivity index (χ2n) is 17.6. The Kier molecular flexibility index (Phi) is 41.1. The molecule has 4 N–H and O–H groups in total. The lowest BCUT2D eigenvalue weighted by Crippen LogP contribution is -2.59. The van der Waals surface area contributed by atoms with Gasteiger partial charge in [0.2, 0.25) is 0 Å². The van der Waals surface area contributed by atoms with E-state index in [1.165, 1.54) is 148 Å². The standard InChI is InChI=1S/C52H96O9/c1-3-5-7-9-11-13-15-17-19-21-22-23-24-25-26-28-30-32-34-36-38-40-42-58-44-46(45-59-52-51(57)50(56)49(55)47(43-53)61-52)60-48(54)41-39-37-35-33-31-29-27-20-18-16-14-12-10-8-6-4-2/h15,17,21-22,24-25,46-47,49-53,55-57H,3-14,16,18-20,23,26-45H2,1-2H3/b17-15-,22-21-,25-24-. The van der Waals surface area contributed by atoms with Gasteiger partial charge in [-0.25, -0.2) is 0 Å². The Morgan fingerprint density at radius 3 is 1.43 bits per heavy atom. The molecule has 6 unspecified atom stereocenters. The lowest BCUT2D eigenvalue weighted by molar-refractivity contribution is -0.305. The van der Waals surface area contributed by atoms with Gasteiger partial charge >= 0.3 is 5.97 Å². The summed E-state index contributed by atoms with van der Waals surface area (Å²) < 4.78 is 22.9. The van der Waals surface area contributed by atoms with Crippen molar-refractivity contribution in [1.82, 2.24) is 0 Å². The van der Waals surface area contributed by atoms with E-state index in [0.717, 1.165) is 57.8 Å². The molecular formula is C52H96O9. The topological polar surface area (TPSA) is 135 Å². The van der Waals surface area contributed by atoms with E-state index in [1.807, 2.05) is 0 Å². The molecule has 0 saturated carbocycles. The van der Waals surface area contributed by atoms with Gasteiger partial charge in [-0.3, -0.25) is 4.79 Å². The number of hydrogen-bond acceptors (Lipinski definition) is 9. The van der Waals surface area contributed by atoms with Gasteiger partial charge in [-0.15, -0.1) is 0 Å². The number of hydrogen-bond donors (Lipinski definition) is 4. The molecule has 0 radical (unpaired) electrons. The fraction of sp³-hybridized carbons (Fsp3) is 0.865. The maximum atomic E-state index is 12.8. The lowest BCUT2D eigenvalue weighted by Gasteiger charge is -2.39. The summed E-state index contributed by atoms with van der Waals surface area (Å²) in [5.41, 5.74) is 0. The van der Waals surface area contributed by atoms with Gasteiger partial charge in [-0.1, -0.05) is 204 Å². The van der Waals surface area contributed by atoms with Crippen molar-refractivity contribution in [3.63, 3.8) is 0 Å². The zero-order valence-electron chi connectivity index (χ0n) is 39.4. The second kappa shape index (κ2) is 43.7. The lowest BCUT2D eigenvalue weighted by atomic mass is 9.99. The molecule has 61 heavy (non-hydrogen) atoms. The first-order chi connectivity index (χ1) is 29.9. The minimum Gasteiger partial charge on any atom is -0.457 e. The van der Waals surface area contributed by atoms with E-state index in [1.54, 1.807) is 0 Å². The van der Waals surface area contributed by atoms with Crippen molar-refractivity contribution in [1.29, 1.82) is 0 Å². The molecule has 1 rings (SSSR count). The third-order valence-corrected chi connectivity index (χ3v) is 11.8. The first kappa shape index (κ1) is 57.4. The van der Waals surface area contributed by atoms with E-state index in [0.29, 0.717) is 13.0 Å². The van der Waals surface area contributed by atoms with Gasteiger partial charge in [0.25, 0.3) is 0 Å². The van der Waals surface area contributed by atoms with Crippen LogP contribution >= 0.6 is 0 Å². The second-order valence-corrected chi connectivity index (χ2v) is 17.6. The van der Waals surface area contributed by atoms with Gasteiger partial charge in [-0.05, 0) is 51.4 Å². The Labute approximate surface area is 374 Å². The van der Waals surface area contributed by atoms with Gasteiger partial charge in [0.1, 0.15) is 30.5 Å². The highest BCUT2D eigenvalue weighted by atomic mass is 16.7. The first-order valence-corrected chi connectivity index (χ1v) is 25.6. The quantitative estimate of drug-likeness (QED) is 0.0268.